The van der Waals surface area contributed by atoms with Gasteiger partial charge in [0.15, 0.2) is 0 Å². The minimum atomic E-state index is -3.03. The molecule has 0 aromatic rings. The summed E-state index contributed by atoms with van der Waals surface area (Å²) >= 11 is 0. The fraction of sp³-hybridized carbons (Fsp3) is 1.00. The summed E-state index contributed by atoms with van der Waals surface area (Å²) in [7, 11) is -1.14. The van der Waals surface area contributed by atoms with Crippen molar-refractivity contribution < 1.29 is 8.42 Å². The molecule has 0 radical (unpaired) electrons. The van der Waals surface area contributed by atoms with Crippen molar-refractivity contribution in [3.63, 3.8) is 0 Å². The highest BCUT2D eigenvalue weighted by molar-refractivity contribution is 7.89. The van der Waals surface area contributed by atoms with Crippen molar-refractivity contribution in [3.8, 4) is 0 Å². The molecule has 1 saturated carbocycles. The van der Waals surface area contributed by atoms with E-state index in [-0.39, 0.29) is 6.04 Å². The molecule has 1 aliphatic rings. The Balaban J connectivity index is 2.47. The third kappa shape index (κ3) is 4.56. The molecule has 0 atom stereocenters. The quantitative estimate of drug-likeness (QED) is 0.676. The van der Waals surface area contributed by atoms with Gasteiger partial charge in [0.25, 0.3) is 0 Å². The van der Waals surface area contributed by atoms with Gasteiger partial charge < -0.3 is 5.32 Å². The molecular formula is C12H26N2O2S. The van der Waals surface area contributed by atoms with Crippen molar-refractivity contribution in [1.82, 2.24) is 9.62 Å². The Hall–Kier alpha value is -0.130. The first-order chi connectivity index (χ1) is 8.11. The van der Waals surface area contributed by atoms with Crippen molar-refractivity contribution >= 4 is 10.0 Å². The van der Waals surface area contributed by atoms with E-state index in [9.17, 15) is 8.42 Å². The van der Waals surface area contributed by atoms with Crippen molar-refractivity contribution in [1.29, 1.82) is 0 Å². The highest BCUT2D eigenvalue weighted by atomic mass is 32.2. The SMILES string of the molecule is CCN(C1CCCC1)S(=O)(=O)CCCCNC. The van der Waals surface area contributed by atoms with Gasteiger partial charge in [-0.05, 0) is 39.3 Å². The van der Waals surface area contributed by atoms with E-state index in [1.54, 1.807) is 4.31 Å². The van der Waals surface area contributed by atoms with Gasteiger partial charge in [0.05, 0.1) is 5.75 Å². The van der Waals surface area contributed by atoms with Crippen LogP contribution < -0.4 is 5.32 Å². The molecule has 0 aromatic carbocycles. The van der Waals surface area contributed by atoms with Crippen LogP contribution in [0.5, 0.6) is 0 Å². The largest absolute Gasteiger partial charge is 0.320 e. The predicted molar refractivity (Wildman–Crippen MR) is 71.6 cm³/mol. The molecule has 0 spiro atoms. The fourth-order valence-electron chi connectivity index (χ4n) is 2.58. The Morgan fingerprint density at radius 1 is 1.24 bits per heavy atom. The molecule has 0 aliphatic heterocycles. The number of hydrogen-bond donors (Lipinski definition) is 1. The summed E-state index contributed by atoms with van der Waals surface area (Å²) in [5.74, 6) is 0.305. The van der Waals surface area contributed by atoms with E-state index in [0.717, 1.165) is 32.2 Å². The van der Waals surface area contributed by atoms with E-state index in [4.69, 9.17) is 0 Å². The summed E-state index contributed by atoms with van der Waals surface area (Å²) in [6, 6.07) is 0.273. The molecule has 1 N–H and O–H groups in total. The summed E-state index contributed by atoms with van der Waals surface area (Å²) in [6.45, 7) is 3.47. The first-order valence-electron chi connectivity index (χ1n) is 6.76. The second kappa shape index (κ2) is 7.34. The zero-order valence-electron chi connectivity index (χ0n) is 11.1. The van der Waals surface area contributed by atoms with Crippen LogP contribution in [-0.2, 0) is 10.0 Å². The molecule has 0 aromatic heterocycles. The molecule has 102 valence electrons. The maximum Gasteiger partial charge on any atom is 0.214 e. The third-order valence-corrected chi connectivity index (χ3v) is 5.56. The Labute approximate surface area is 106 Å². The van der Waals surface area contributed by atoms with Crippen molar-refractivity contribution in [2.45, 2.75) is 51.5 Å². The summed E-state index contributed by atoms with van der Waals surface area (Å²) in [5.41, 5.74) is 0. The summed E-state index contributed by atoms with van der Waals surface area (Å²) in [6.07, 6.45) is 6.13. The van der Waals surface area contributed by atoms with Gasteiger partial charge in [-0.15, -0.1) is 0 Å². The number of sulfonamides is 1. The molecule has 4 nitrogen and oxygen atoms in total. The van der Waals surface area contributed by atoms with Crippen LogP contribution in [0.15, 0.2) is 0 Å². The molecule has 1 rings (SSSR count). The van der Waals surface area contributed by atoms with Gasteiger partial charge in [-0.3, -0.25) is 0 Å². The van der Waals surface area contributed by atoms with Crippen LogP contribution in [0.2, 0.25) is 0 Å². The van der Waals surface area contributed by atoms with Crippen LogP contribution in [0.1, 0.15) is 45.4 Å². The van der Waals surface area contributed by atoms with Crippen LogP contribution in [-0.4, -0.2) is 44.7 Å². The minimum Gasteiger partial charge on any atom is -0.320 e. The Morgan fingerprint density at radius 2 is 1.88 bits per heavy atom. The zero-order valence-corrected chi connectivity index (χ0v) is 11.9. The molecule has 0 bridgehead atoms. The van der Waals surface area contributed by atoms with E-state index in [1.165, 1.54) is 12.8 Å². The Kier molecular flexibility index (Phi) is 6.44. The summed E-state index contributed by atoms with van der Waals surface area (Å²) in [4.78, 5) is 0. The lowest BCUT2D eigenvalue weighted by Gasteiger charge is -2.26. The average Bonchev–Trinajstić information content (AvgIpc) is 2.78. The van der Waals surface area contributed by atoms with Crippen LogP contribution in [0.4, 0.5) is 0 Å². The molecule has 17 heavy (non-hydrogen) atoms. The molecule has 1 fully saturated rings. The number of unbranched alkanes of at least 4 members (excludes halogenated alkanes) is 1. The maximum absolute atomic E-state index is 12.2. The highest BCUT2D eigenvalue weighted by Gasteiger charge is 2.29. The smallest absolute Gasteiger partial charge is 0.214 e. The molecule has 1 aliphatic carbocycles. The molecule has 0 saturated heterocycles. The summed E-state index contributed by atoms with van der Waals surface area (Å²) < 4.78 is 26.2. The standard InChI is InChI=1S/C12H26N2O2S/c1-3-14(12-8-4-5-9-12)17(15,16)11-7-6-10-13-2/h12-13H,3-11H2,1-2H3. The van der Waals surface area contributed by atoms with Crippen molar-refractivity contribution in [2.75, 3.05) is 25.9 Å². The monoisotopic (exact) mass is 262 g/mol. The average molecular weight is 262 g/mol. The summed E-state index contributed by atoms with van der Waals surface area (Å²) in [5, 5.41) is 3.04. The number of hydrogen-bond acceptors (Lipinski definition) is 3. The predicted octanol–water partition coefficient (Wildman–Crippen LogP) is 1.58. The highest BCUT2D eigenvalue weighted by Crippen LogP contribution is 2.25. The zero-order chi connectivity index (χ0) is 12.7. The fourth-order valence-corrected chi connectivity index (χ4v) is 4.44. The van der Waals surface area contributed by atoms with Gasteiger partial charge in [-0.25, -0.2) is 8.42 Å². The van der Waals surface area contributed by atoms with E-state index in [1.807, 2.05) is 14.0 Å². The molecule has 0 heterocycles. The van der Waals surface area contributed by atoms with E-state index in [2.05, 4.69) is 5.32 Å². The van der Waals surface area contributed by atoms with Gasteiger partial charge in [0.1, 0.15) is 0 Å². The third-order valence-electron chi connectivity index (χ3n) is 3.48. The van der Waals surface area contributed by atoms with Gasteiger partial charge in [0.2, 0.25) is 10.0 Å². The molecule has 5 heteroatoms. The van der Waals surface area contributed by atoms with Crippen LogP contribution in [0, 0.1) is 0 Å². The Bertz CT molecular complexity index is 298. The van der Waals surface area contributed by atoms with E-state index in [0.29, 0.717) is 12.3 Å². The maximum atomic E-state index is 12.2. The number of nitrogens with zero attached hydrogens (tertiary/aromatic N) is 1. The number of nitrogens with one attached hydrogen (secondary N) is 1. The molecule has 0 amide bonds. The number of rotatable bonds is 8. The van der Waals surface area contributed by atoms with Crippen LogP contribution in [0.3, 0.4) is 0 Å². The normalized spacial score (nSPS) is 18.1. The van der Waals surface area contributed by atoms with Gasteiger partial charge in [-0.1, -0.05) is 19.8 Å². The molecule has 0 unspecified atom stereocenters. The van der Waals surface area contributed by atoms with Gasteiger partial charge >= 0.3 is 0 Å². The second-order valence-electron chi connectivity index (χ2n) is 4.77. The lowest BCUT2D eigenvalue weighted by Crippen LogP contribution is -2.40. The van der Waals surface area contributed by atoms with Gasteiger partial charge in [0, 0.05) is 12.6 Å². The van der Waals surface area contributed by atoms with E-state index >= 15 is 0 Å². The lowest BCUT2D eigenvalue weighted by atomic mass is 10.2. The van der Waals surface area contributed by atoms with E-state index < -0.39 is 10.0 Å². The van der Waals surface area contributed by atoms with Crippen molar-refractivity contribution in [3.05, 3.63) is 0 Å². The first kappa shape index (κ1) is 14.9. The topological polar surface area (TPSA) is 49.4 Å². The Morgan fingerprint density at radius 3 is 2.41 bits per heavy atom. The molecular weight excluding hydrogens is 236 g/mol. The van der Waals surface area contributed by atoms with Gasteiger partial charge in [-0.2, -0.15) is 4.31 Å². The minimum absolute atomic E-state index is 0.273. The lowest BCUT2D eigenvalue weighted by molar-refractivity contribution is 0.335. The second-order valence-corrected chi connectivity index (χ2v) is 6.81. The van der Waals surface area contributed by atoms with Crippen LogP contribution >= 0.6 is 0 Å². The van der Waals surface area contributed by atoms with Crippen molar-refractivity contribution in [2.24, 2.45) is 0 Å². The first-order valence-corrected chi connectivity index (χ1v) is 8.37. The van der Waals surface area contributed by atoms with Crippen LogP contribution in [0.25, 0.3) is 0 Å².